The quantitative estimate of drug-likeness (QED) is 0.474. The van der Waals surface area contributed by atoms with E-state index in [2.05, 4.69) is 0 Å². The zero-order valence-electron chi connectivity index (χ0n) is 11.1. The van der Waals surface area contributed by atoms with Crippen LogP contribution in [-0.4, -0.2) is 33.6 Å². The number of nitro benzene ring substituents is 2. The second kappa shape index (κ2) is 4.32. The van der Waals surface area contributed by atoms with Crippen LogP contribution >= 0.6 is 0 Å². The third kappa shape index (κ3) is 1.59. The van der Waals surface area contributed by atoms with E-state index in [4.69, 9.17) is 0 Å². The lowest BCUT2D eigenvalue weighted by Crippen LogP contribution is -2.37. The van der Waals surface area contributed by atoms with Crippen molar-refractivity contribution in [1.82, 2.24) is 4.90 Å². The Kier molecular flexibility index (Phi) is 2.67. The van der Waals surface area contributed by atoms with E-state index in [-0.39, 0.29) is 21.9 Å². The Labute approximate surface area is 122 Å². The largest absolute Gasteiger partial charge is 0.284 e. The van der Waals surface area contributed by atoms with Gasteiger partial charge in [-0.25, -0.2) is 0 Å². The number of carbonyl (C=O) groups is 2. The van der Waals surface area contributed by atoms with Crippen molar-refractivity contribution < 1.29 is 19.4 Å². The Hall–Kier alpha value is -3.36. The third-order valence-corrected chi connectivity index (χ3v) is 3.58. The Morgan fingerprint density at radius 2 is 1.23 bits per heavy atom. The lowest BCUT2D eigenvalue weighted by molar-refractivity contribution is -0.390. The van der Waals surface area contributed by atoms with Crippen molar-refractivity contribution in [3.63, 3.8) is 0 Å². The van der Waals surface area contributed by atoms with Gasteiger partial charge in [0.15, 0.2) is 0 Å². The Morgan fingerprint density at radius 3 is 1.59 bits per heavy atom. The van der Waals surface area contributed by atoms with Gasteiger partial charge in [-0.3, -0.25) is 34.7 Å². The number of imide groups is 1. The second-order valence-corrected chi connectivity index (χ2v) is 4.70. The summed E-state index contributed by atoms with van der Waals surface area (Å²) in [6.45, 7) is 0. The topological polar surface area (TPSA) is 124 Å². The SMILES string of the molecule is CN1C(=O)c2ccc([N+](=O)[O-])c3c([N+](=O)[O-])ccc(c23)C1=O. The van der Waals surface area contributed by atoms with Crippen LogP contribution in [0.15, 0.2) is 24.3 Å². The number of nitrogens with zero attached hydrogens (tertiary/aromatic N) is 3. The fraction of sp³-hybridized carbons (Fsp3) is 0.0769. The summed E-state index contributed by atoms with van der Waals surface area (Å²) in [6, 6.07) is 4.49. The minimum absolute atomic E-state index is 0.0291. The molecule has 22 heavy (non-hydrogen) atoms. The van der Waals surface area contributed by atoms with Crippen molar-refractivity contribution >= 4 is 34.0 Å². The van der Waals surface area contributed by atoms with Gasteiger partial charge in [0.2, 0.25) is 0 Å². The minimum Gasteiger partial charge on any atom is -0.277 e. The molecule has 0 N–H and O–H groups in total. The molecule has 2 amide bonds. The molecule has 0 atom stereocenters. The molecule has 0 saturated carbocycles. The van der Waals surface area contributed by atoms with E-state index in [9.17, 15) is 29.8 Å². The molecule has 2 aromatic carbocycles. The summed E-state index contributed by atoms with van der Waals surface area (Å²) in [7, 11) is 1.28. The first-order valence-corrected chi connectivity index (χ1v) is 6.05. The van der Waals surface area contributed by atoms with Crippen molar-refractivity contribution in [2.45, 2.75) is 0 Å². The fourth-order valence-electron chi connectivity index (χ4n) is 2.57. The maximum Gasteiger partial charge on any atom is 0.284 e. The number of rotatable bonds is 2. The molecule has 2 aromatic rings. The smallest absolute Gasteiger partial charge is 0.277 e. The maximum absolute atomic E-state index is 12.1. The van der Waals surface area contributed by atoms with Crippen LogP contribution in [0.1, 0.15) is 20.7 Å². The molecular weight excluding hydrogens is 294 g/mol. The van der Waals surface area contributed by atoms with Crippen molar-refractivity contribution in [1.29, 1.82) is 0 Å². The number of amides is 2. The average Bonchev–Trinajstić information content (AvgIpc) is 2.48. The van der Waals surface area contributed by atoms with Crippen LogP contribution in [0.2, 0.25) is 0 Å². The molecule has 0 spiro atoms. The van der Waals surface area contributed by atoms with Crippen molar-refractivity contribution in [2.24, 2.45) is 0 Å². The molecule has 0 fully saturated rings. The average molecular weight is 301 g/mol. The molecule has 1 aliphatic heterocycles. The van der Waals surface area contributed by atoms with Crippen molar-refractivity contribution in [3.05, 3.63) is 55.6 Å². The predicted molar refractivity (Wildman–Crippen MR) is 73.7 cm³/mol. The number of carbonyl (C=O) groups excluding carboxylic acids is 2. The van der Waals surface area contributed by atoms with E-state index in [1.165, 1.54) is 19.2 Å². The van der Waals surface area contributed by atoms with Gasteiger partial charge in [0.05, 0.1) is 9.85 Å². The summed E-state index contributed by atoms with van der Waals surface area (Å²) in [5, 5.41) is 21.9. The van der Waals surface area contributed by atoms with Crippen LogP contribution in [-0.2, 0) is 0 Å². The molecule has 3 rings (SSSR count). The van der Waals surface area contributed by atoms with E-state index in [0.29, 0.717) is 0 Å². The molecule has 9 nitrogen and oxygen atoms in total. The van der Waals surface area contributed by atoms with Gasteiger partial charge in [-0.1, -0.05) is 0 Å². The summed E-state index contributed by atoms with van der Waals surface area (Å²) in [5.41, 5.74) is -0.974. The molecular formula is C13H7N3O6. The number of benzene rings is 2. The van der Waals surface area contributed by atoms with Crippen LogP contribution < -0.4 is 0 Å². The first-order valence-electron chi connectivity index (χ1n) is 6.05. The van der Waals surface area contributed by atoms with Gasteiger partial charge in [0, 0.05) is 35.7 Å². The molecule has 0 bridgehead atoms. The van der Waals surface area contributed by atoms with Crippen LogP contribution in [0.4, 0.5) is 11.4 Å². The van der Waals surface area contributed by atoms with E-state index in [0.717, 1.165) is 17.0 Å². The monoisotopic (exact) mass is 301 g/mol. The molecule has 0 unspecified atom stereocenters. The van der Waals surface area contributed by atoms with Gasteiger partial charge < -0.3 is 0 Å². The van der Waals surface area contributed by atoms with E-state index in [1.807, 2.05) is 0 Å². The standard InChI is InChI=1S/C13H7N3O6/c1-14-12(17)6-2-4-8(15(19)20)11-9(16(21)22)5-3-7(10(6)11)13(14)18/h2-5H,1H3. The summed E-state index contributed by atoms with van der Waals surface area (Å²) >= 11 is 0. The first kappa shape index (κ1) is 13.6. The highest BCUT2D eigenvalue weighted by Crippen LogP contribution is 2.40. The van der Waals surface area contributed by atoms with Gasteiger partial charge in [-0.2, -0.15) is 0 Å². The summed E-state index contributed by atoms with van der Waals surface area (Å²) in [5.74, 6) is -1.31. The van der Waals surface area contributed by atoms with Crippen molar-refractivity contribution in [2.75, 3.05) is 7.05 Å². The van der Waals surface area contributed by atoms with Gasteiger partial charge >= 0.3 is 0 Å². The Morgan fingerprint density at radius 1 is 0.818 bits per heavy atom. The Bertz CT molecular complexity index is 836. The second-order valence-electron chi connectivity index (χ2n) is 4.70. The van der Waals surface area contributed by atoms with Crippen LogP contribution in [0, 0.1) is 20.2 Å². The zero-order chi connectivity index (χ0) is 16.2. The first-order chi connectivity index (χ1) is 10.3. The Balaban J connectivity index is 2.59. The van der Waals surface area contributed by atoms with Crippen LogP contribution in [0.3, 0.4) is 0 Å². The normalized spacial score (nSPS) is 13.6. The lowest BCUT2D eigenvalue weighted by Gasteiger charge is -2.23. The molecule has 0 radical (unpaired) electrons. The summed E-state index contributed by atoms with van der Waals surface area (Å²) in [4.78, 5) is 45.9. The molecule has 1 heterocycles. The molecule has 1 aliphatic rings. The highest BCUT2D eigenvalue weighted by molar-refractivity contribution is 6.27. The molecule has 0 aromatic heterocycles. The number of nitro groups is 2. The zero-order valence-corrected chi connectivity index (χ0v) is 11.1. The minimum atomic E-state index is -0.775. The van der Waals surface area contributed by atoms with Crippen LogP contribution in [0.5, 0.6) is 0 Å². The third-order valence-electron chi connectivity index (χ3n) is 3.58. The van der Waals surface area contributed by atoms with Crippen LogP contribution in [0.25, 0.3) is 10.8 Å². The lowest BCUT2D eigenvalue weighted by atomic mass is 9.92. The molecule has 0 aliphatic carbocycles. The number of non-ortho nitro benzene ring substituents is 2. The number of hydrogen-bond donors (Lipinski definition) is 0. The van der Waals surface area contributed by atoms with Crippen molar-refractivity contribution in [3.8, 4) is 0 Å². The van der Waals surface area contributed by atoms with E-state index < -0.39 is 33.0 Å². The van der Waals surface area contributed by atoms with Gasteiger partial charge in [0.25, 0.3) is 23.2 Å². The maximum atomic E-state index is 12.1. The van der Waals surface area contributed by atoms with Gasteiger partial charge in [0.1, 0.15) is 5.39 Å². The summed E-state index contributed by atoms with van der Waals surface area (Å²) in [6.07, 6.45) is 0. The summed E-state index contributed by atoms with van der Waals surface area (Å²) < 4.78 is 0. The predicted octanol–water partition coefficient (Wildman–Crippen LogP) is 1.88. The number of hydrogen-bond acceptors (Lipinski definition) is 6. The molecule has 110 valence electrons. The van der Waals surface area contributed by atoms with Gasteiger partial charge in [-0.05, 0) is 12.1 Å². The molecule has 0 saturated heterocycles. The highest BCUT2D eigenvalue weighted by Gasteiger charge is 2.35. The highest BCUT2D eigenvalue weighted by atomic mass is 16.6. The van der Waals surface area contributed by atoms with E-state index in [1.54, 1.807) is 0 Å². The fourth-order valence-corrected chi connectivity index (χ4v) is 2.57. The molecule has 9 heteroatoms. The van der Waals surface area contributed by atoms with E-state index >= 15 is 0 Å². The van der Waals surface area contributed by atoms with Gasteiger partial charge in [-0.15, -0.1) is 0 Å².